The normalized spacial score (nSPS) is 34.2. The molecule has 0 radical (unpaired) electrons. The maximum Gasteiger partial charge on any atom is 0.194 e. The molecule has 2 fully saturated rings. The highest BCUT2D eigenvalue weighted by atomic mass is 127. The largest absolute Gasteiger partial charge is 0.396 e. The minimum Gasteiger partial charge on any atom is -0.396 e. The number of fused-ring (bicyclic) bond motifs is 2. The smallest absolute Gasteiger partial charge is 0.194 e. The molecule has 1 unspecified atom stereocenters. The molecular weight excluding hydrogens is 385 g/mol. The van der Waals surface area contributed by atoms with Crippen LogP contribution in [0.25, 0.3) is 11.2 Å². The Morgan fingerprint density at radius 2 is 2.33 bits per heavy atom. The summed E-state index contributed by atoms with van der Waals surface area (Å²) in [5, 5.41) is 22.9. The second-order valence-corrected chi connectivity index (χ2v) is 6.90. The van der Waals surface area contributed by atoms with E-state index in [-0.39, 0.29) is 18.1 Å². The van der Waals surface area contributed by atoms with Gasteiger partial charge in [-0.05, 0) is 18.8 Å². The first-order valence-corrected chi connectivity index (χ1v) is 8.05. The number of aromatic nitrogens is 4. The molecule has 0 bridgehead atoms. The average Bonchev–Trinajstić information content (AvgIpc) is 2.98. The van der Waals surface area contributed by atoms with E-state index in [0.29, 0.717) is 22.0 Å². The molecule has 2 heterocycles. The highest BCUT2D eigenvalue weighted by Gasteiger charge is 2.67. The lowest BCUT2D eigenvalue weighted by atomic mass is 10.0. The van der Waals surface area contributed by atoms with Gasteiger partial charge in [-0.25, -0.2) is 15.0 Å². The van der Waals surface area contributed by atoms with Crippen molar-refractivity contribution in [2.75, 3.05) is 19.0 Å². The summed E-state index contributed by atoms with van der Waals surface area (Å²) in [6.45, 7) is 0.0518. The number of aliphatic hydroxyl groups excluding tert-OH is 2. The summed E-state index contributed by atoms with van der Waals surface area (Å²) in [5.74, 6) is 1.02. The van der Waals surface area contributed by atoms with Crippen molar-refractivity contribution in [3.8, 4) is 0 Å². The predicted molar refractivity (Wildman–Crippen MR) is 84.9 cm³/mol. The lowest BCUT2D eigenvalue weighted by molar-refractivity contribution is 0.0600. The van der Waals surface area contributed by atoms with Crippen LogP contribution in [-0.2, 0) is 0 Å². The van der Waals surface area contributed by atoms with E-state index in [0.717, 1.165) is 17.6 Å². The SMILES string of the molecule is CNc1nc(I)nc2c1ncn2[C@H]1C[C@H](O)[C@]2(CO)CC12. The van der Waals surface area contributed by atoms with Crippen LogP contribution in [0.4, 0.5) is 5.82 Å². The number of imidazole rings is 1. The number of halogens is 1. The summed E-state index contributed by atoms with van der Waals surface area (Å²) in [6, 6.07) is 0.146. The van der Waals surface area contributed by atoms with E-state index in [9.17, 15) is 10.2 Å². The Morgan fingerprint density at radius 1 is 1.52 bits per heavy atom. The molecule has 8 heteroatoms. The number of anilines is 1. The first-order chi connectivity index (χ1) is 10.1. The molecule has 0 aromatic carbocycles. The Labute approximate surface area is 134 Å². The minimum absolute atomic E-state index is 0.0518. The summed E-state index contributed by atoms with van der Waals surface area (Å²) in [4.78, 5) is 13.3. The van der Waals surface area contributed by atoms with Crippen molar-refractivity contribution in [3.63, 3.8) is 0 Å². The Bertz CT molecular complexity index is 720. The van der Waals surface area contributed by atoms with Crippen molar-refractivity contribution in [2.24, 2.45) is 11.3 Å². The van der Waals surface area contributed by atoms with Gasteiger partial charge in [0.1, 0.15) is 0 Å². The number of hydrogen-bond acceptors (Lipinski definition) is 6. The molecule has 2 aliphatic carbocycles. The molecule has 2 aromatic heterocycles. The number of nitrogens with zero attached hydrogens (tertiary/aromatic N) is 4. The van der Waals surface area contributed by atoms with Crippen LogP contribution in [0.1, 0.15) is 18.9 Å². The van der Waals surface area contributed by atoms with Crippen LogP contribution in [-0.4, -0.2) is 49.5 Å². The van der Waals surface area contributed by atoms with Crippen molar-refractivity contribution in [2.45, 2.75) is 25.0 Å². The van der Waals surface area contributed by atoms with E-state index < -0.39 is 6.10 Å². The average molecular weight is 401 g/mol. The zero-order valence-electron chi connectivity index (χ0n) is 11.5. The molecule has 7 nitrogen and oxygen atoms in total. The molecule has 4 rings (SSSR count). The highest BCUT2D eigenvalue weighted by molar-refractivity contribution is 14.1. The molecule has 0 amide bonds. The van der Waals surface area contributed by atoms with Gasteiger partial charge in [-0.1, -0.05) is 0 Å². The molecule has 0 aliphatic heterocycles. The van der Waals surface area contributed by atoms with Gasteiger partial charge in [0.25, 0.3) is 0 Å². The minimum atomic E-state index is -0.445. The van der Waals surface area contributed by atoms with Crippen LogP contribution in [0.15, 0.2) is 6.33 Å². The number of nitrogens with one attached hydrogen (secondary N) is 1. The van der Waals surface area contributed by atoms with Gasteiger partial charge in [0.05, 0.1) is 19.0 Å². The first kappa shape index (κ1) is 13.6. The summed E-state index contributed by atoms with van der Waals surface area (Å²) in [5.41, 5.74) is 1.24. The van der Waals surface area contributed by atoms with Crippen molar-refractivity contribution < 1.29 is 10.2 Å². The standard InChI is InChI=1S/C13H16IN5O2/c1-15-10-9-11(18-12(14)17-10)19(5-16-9)7-2-8(21)13(4-20)3-6(7)13/h5-8,20-21H,2-4H2,1H3,(H,15,17,18)/t6?,7-,8-,13-/m0/s1. The van der Waals surface area contributed by atoms with E-state index in [4.69, 9.17) is 0 Å². The maximum atomic E-state index is 10.2. The predicted octanol–water partition coefficient (Wildman–Crippen LogP) is 0.777. The fourth-order valence-corrected chi connectivity index (χ4v) is 4.25. The number of rotatable bonds is 3. The fourth-order valence-electron chi connectivity index (χ4n) is 3.78. The van der Waals surface area contributed by atoms with Gasteiger partial charge in [0.15, 0.2) is 20.8 Å². The van der Waals surface area contributed by atoms with Crippen molar-refractivity contribution >= 4 is 39.6 Å². The van der Waals surface area contributed by atoms with Gasteiger partial charge < -0.3 is 20.1 Å². The molecule has 2 aliphatic rings. The zero-order chi connectivity index (χ0) is 14.8. The summed E-state index contributed by atoms with van der Waals surface area (Å²) >= 11 is 2.09. The summed E-state index contributed by atoms with van der Waals surface area (Å²) < 4.78 is 2.70. The monoisotopic (exact) mass is 401 g/mol. The lowest BCUT2D eigenvalue weighted by Gasteiger charge is -2.16. The van der Waals surface area contributed by atoms with Crippen molar-refractivity contribution in [1.82, 2.24) is 19.5 Å². The molecule has 21 heavy (non-hydrogen) atoms. The molecule has 0 saturated heterocycles. The summed E-state index contributed by atoms with van der Waals surface area (Å²) in [7, 11) is 1.81. The Morgan fingerprint density at radius 3 is 2.95 bits per heavy atom. The van der Waals surface area contributed by atoms with E-state index in [1.54, 1.807) is 6.33 Å². The highest BCUT2D eigenvalue weighted by Crippen LogP contribution is 2.67. The third-order valence-electron chi connectivity index (χ3n) is 5.05. The molecule has 112 valence electrons. The molecule has 2 saturated carbocycles. The van der Waals surface area contributed by atoms with Crippen LogP contribution in [0.2, 0.25) is 0 Å². The molecule has 0 spiro atoms. The molecule has 4 atom stereocenters. The third kappa shape index (κ3) is 1.75. The van der Waals surface area contributed by atoms with Gasteiger partial charge in [0, 0.05) is 41.1 Å². The third-order valence-corrected chi connectivity index (χ3v) is 5.54. The van der Waals surface area contributed by atoms with Gasteiger partial charge >= 0.3 is 0 Å². The fraction of sp³-hybridized carbons (Fsp3) is 0.615. The Hall–Kier alpha value is -1.00. The maximum absolute atomic E-state index is 10.2. The first-order valence-electron chi connectivity index (χ1n) is 6.97. The second-order valence-electron chi connectivity index (χ2n) is 5.94. The van der Waals surface area contributed by atoms with Crippen molar-refractivity contribution in [3.05, 3.63) is 10.2 Å². The van der Waals surface area contributed by atoms with E-state index in [1.165, 1.54) is 0 Å². The lowest BCUT2D eigenvalue weighted by Crippen LogP contribution is -2.22. The second kappa shape index (κ2) is 4.50. The van der Waals surface area contributed by atoms with Crippen LogP contribution in [0.3, 0.4) is 0 Å². The van der Waals surface area contributed by atoms with Gasteiger partial charge in [0.2, 0.25) is 0 Å². The van der Waals surface area contributed by atoms with E-state index >= 15 is 0 Å². The molecule has 3 N–H and O–H groups in total. The van der Waals surface area contributed by atoms with Gasteiger partial charge in [-0.15, -0.1) is 0 Å². The van der Waals surface area contributed by atoms with Gasteiger partial charge in [-0.3, -0.25) is 0 Å². The van der Waals surface area contributed by atoms with Crippen molar-refractivity contribution in [1.29, 1.82) is 0 Å². The van der Waals surface area contributed by atoms with Gasteiger partial charge in [-0.2, -0.15) is 0 Å². The molecule has 2 aromatic rings. The molecular formula is C13H16IN5O2. The zero-order valence-corrected chi connectivity index (χ0v) is 13.6. The van der Waals surface area contributed by atoms with E-state index in [1.807, 2.05) is 11.6 Å². The quantitative estimate of drug-likeness (QED) is 0.520. The Kier molecular flexibility index (Phi) is 2.92. The van der Waals surface area contributed by atoms with E-state index in [2.05, 4.69) is 42.9 Å². The van der Waals surface area contributed by atoms with Crippen LogP contribution >= 0.6 is 22.6 Å². The van der Waals surface area contributed by atoms with Crippen LogP contribution < -0.4 is 5.32 Å². The Balaban J connectivity index is 1.81. The van der Waals surface area contributed by atoms with Crippen LogP contribution in [0, 0.1) is 15.2 Å². The summed E-state index contributed by atoms with van der Waals surface area (Å²) in [6.07, 6.45) is 2.85. The number of aliphatic hydroxyl groups is 2. The number of hydrogen-bond donors (Lipinski definition) is 3. The topological polar surface area (TPSA) is 96.1 Å². The van der Waals surface area contributed by atoms with Crippen LogP contribution in [0.5, 0.6) is 0 Å².